The highest BCUT2D eigenvalue weighted by Crippen LogP contribution is 2.51. The molecule has 1 saturated heterocycles. The highest BCUT2D eigenvalue weighted by atomic mass is 32.2. The first-order valence-corrected chi connectivity index (χ1v) is 11.4. The summed E-state index contributed by atoms with van der Waals surface area (Å²) in [6.45, 7) is 6.61. The highest BCUT2D eigenvalue weighted by Gasteiger charge is 2.60. The van der Waals surface area contributed by atoms with Gasteiger partial charge in [-0.05, 0) is 19.6 Å². The number of aliphatic carboxylic acids is 1. The van der Waals surface area contributed by atoms with Crippen LogP contribution >= 0.6 is 23.1 Å². The van der Waals surface area contributed by atoms with Crippen molar-refractivity contribution in [1.82, 2.24) is 9.30 Å². The molecule has 150 valence electrons. The molecular weight excluding hydrogens is 398 g/mol. The molecule has 0 spiro atoms. The molecule has 2 aromatic heterocycles. The summed E-state index contributed by atoms with van der Waals surface area (Å²) >= 11 is 3.24. The number of imidazole rings is 1. The molecule has 9 heteroatoms. The Hall–Kier alpha value is -1.84. The fourth-order valence-electron chi connectivity index (χ4n) is 4.56. The van der Waals surface area contributed by atoms with Crippen molar-refractivity contribution in [3.8, 4) is 0 Å². The Morgan fingerprint density at radius 1 is 1.46 bits per heavy atom. The maximum atomic E-state index is 12.5. The van der Waals surface area contributed by atoms with Gasteiger partial charge in [0, 0.05) is 11.5 Å². The Kier molecular flexibility index (Phi) is 4.79. The second kappa shape index (κ2) is 6.89. The number of aryl methyl sites for hydroxylation is 1. The zero-order valence-corrected chi connectivity index (χ0v) is 17.9. The lowest BCUT2D eigenvalue weighted by molar-refractivity contribution is -0.729. The van der Waals surface area contributed by atoms with Gasteiger partial charge < -0.3 is 15.1 Å². The number of thiazole rings is 1. The minimum absolute atomic E-state index is 0.0658. The number of aliphatic hydroxyl groups is 1. The van der Waals surface area contributed by atoms with Crippen molar-refractivity contribution >= 4 is 45.4 Å². The molecule has 0 aromatic carbocycles. The summed E-state index contributed by atoms with van der Waals surface area (Å²) in [5.41, 5.74) is 0.757. The van der Waals surface area contributed by atoms with Gasteiger partial charge in [0.2, 0.25) is 15.8 Å². The van der Waals surface area contributed by atoms with Gasteiger partial charge in [0.25, 0.3) is 6.33 Å². The van der Waals surface area contributed by atoms with E-state index in [0.717, 1.165) is 27.7 Å². The van der Waals surface area contributed by atoms with Crippen LogP contribution in [0.2, 0.25) is 0 Å². The summed E-state index contributed by atoms with van der Waals surface area (Å²) in [6, 6.07) is -0.292. The number of carboxylic acids is 1. The van der Waals surface area contributed by atoms with Gasteiger partial charge in [-0.3, -0.25) is 4.79 Å². The normalized spacial score (nSPS) is 25.4. The lowest BCUT2D eigenvalue weighted by Gasteiger charge is -2.46. The van der Waals surface area contributed by atoms with E-state index in [1.807, 2.05) is 30.1 Å². The van der Waals surface area contributed by atoms with Crippen molar-refractivity contribution in [3.63, 3.8) is 0 Å². The number of carbonyl (C=O) groups is 2. The summed E-state index contributed by atoms with van der Waals surface area (Å²) in [5.74, 6) is -2.08. The molecule has 1 fully saturated rings. The first kappa shape index (κ1) is 19.5. The Labute approximate surface area is 171 Å². The van der Waals surface area contributed by atoms with Gasteiger partial charge in [0.15, 0.2) is 0 Å². The lowest BCUT2D eigenvalue weighted by atomic mass is 9.77. The van der Waals surface area contributed by atoms with Crippen LogP contribution < -0.4 is 4.57 Å². The average molecular weight is 423 g/mol. The van der Waals surface area contributed by atoms with Crippen LogP contribution in [-0.2, 0) is 16.1 Å². The number of carbonyl (C=O) groups excluding carboxylic acids is 1. The number of nitrogens with zero attached hydrogens (tertiary/aromatic N) is 3. The van der Waals surface area contributed by atoms with Crippen LogP contribution in [0.5, 0.6) is 0 Å². The first-order valence-electron chi connectivity index (χ1n) is 9.38. The Balaban J connectivity index is 1.83. The third-order valence-corrected chi connectivity index (χ3v) is 7.79. The number of β-lactam (4-membered cyclic amide) rings is 1. The van der Waals surface area contributed by atoms with Crippen molar-refractivity contribution in [3.05, 3.63) is 23.1 Å². The summed E-state index contributed by atoms with van der Waals surface area (Å²) in [7, 11) is 0. The number of hydrogen-bond donors (Lipinski definition) is 2. The minimum Gasteiger partial charge on any atom is -0.477 e. The van der Waals surface area contributed by atoms with Crippen LogP contribution in [0.1, 0.15) is 32.1 Å². The lowest BCUT2D eigenvalue weighted by Crippen LogP contribution is -2.63. The van der Waals surface area contributed by atoms with Crippen molar-refractivity contribution in [2.75, 3.05) is 6.26 Å². The number of rotatable bonds is 6. The number of thioether (sulfide) groups is 1. The monoisotopic (exact) mass is 422 g/mol. The smallest absolute Gasteiger partial charge is 0.352 e. The summed E-state index contributed by atoms with van der Waals surface area (Å²) in [5, 5.41) is 21.0. The maximum absolute atomic E-state index is 12.5. The van der Waals surface area contributed by atoms with Gasteiger partial charge in [-0.2, -0.15) is 4.40 Å². The number of amides is 1. The standard InChI is InChI=1S/C19H23N3O4S2/c1-5-6-20-8-21-7-11(28-18(21)17(20)27-4)12-9(2)14-13(10(3)23)16(24)22(14)15(12)19(25)26/h7-10,13-14,23H,5-6H2,1-4H3/p+1/t9-,10+,13+,14+/m0/s1. The molecule has 0 bridgehead atoms. The van der Waals surface area contributed by atoms with Gasteiger partial charge in [-0.15, -0.1) is 0 Å². The van der Waals surface area contributed by atoms with Gasteiger partial charge in [-0.1, -0.05) is 36.9 Å². The van der Waals surface area contributed by atoms with E-state index in [1.165, 1.54) is 4.90 Å². The molecule has 0 unspecified atom stereocenters. The molecule has 1 amide bonds. The van der Waals surface area contributed by atoms with Crippen molar-refractivity contribution < 1.29 is 24.4 Å². The second-order valence-electron chi connectivity index (χ2n) is 7.45. The van der Waals surface area contributed by atoms with E-state index in [1.54, 1.807) is 30.0 Å². The zero-order chi connectivity index (χ0) is 20.3. The molecule has 2 aromatic rings. The number of carboxylic acid groups (broad SMARTS) is 1. The fraction of sp³-hybridized carbons (Fsp3) is 0.526. The largest absolute Gasteiger partial charge is 0.477 e. The third kappa shape index (κ3) is 2.56. The van der Waals surface area contributed by atoms with Crippen LogP contribution in [0.3, 0.4) is 0 Å². The molecule has 0 radical (unpaired) electrons. The molecule has 7 nitrogen and oxygen atoms in total. The Morgan fingerprint density at radius 2 is 2.18 bits per heavy atom. The minimum atomic E-state index is -1.09. The van der Waals surface area contributed by atoms with Crippen molar-refractivity contribution in [2.45, 2.75) is 50.9 Å². The fourth-order valence-corrected chi connectivity index (χ4v) is 6.76. The molecule has 4 atom stereocenters. The molecule has 4 rings (SSSR count). The number of aliphatic hydroxyl groups excluding tert-OH is 1. The van der Waals surface area contributed by atoms with E-state index < -0.39 is 18.0 Å². The molecular formula is C19H24N3O4S2+. The van der Waals surface area contributed by atoms with Gasteiger partial charge in [-0.25, -0.2) is 9.36 Å². The second-order valence-corrected chi connectivity index (χ2v) is 9.27. The predicted molar refractivity (Wildman–Crippen MR) is 107 cm³/mol. The number of fused-ring (bicyclic) bond motifs is 2. The van der Waals surface area contributed by atoms with Crippen LogP contribution in [0.25, 0.3) is 10.4 Å². The summed E-state index contributed by atoms with van der Waals surface area (Å²) in [4.78, 5) is 27.9. The number of hydrogen-bond acceptors (Lipinski definition) is 5. The summed E-state index contributed by atoms with van der Waals surface area (Å²) < 4.78 is 4.26. The predicted octanol–water partition coefficient (Wildman–Crippen LogP) is 2.07. The average Bonchev–Trinajstić information content (AvgIpc) is 3.22. The third-order valence-electron chi connectivity index (χ3n) is 5.70. The van der Waals surface area contributed by atoms with E-state index in [4.69, 9.17) is 0 Å². The van der Waals surface area contributed by atoms with Crippen LogP contribution in [0, 0.1) is 11.8 Å². The Morgan fingerprint density at radius 3 is 2.75 bits per heavy atom. The highest BCUT2D eigenvalue weighted by molar-refractivity contribution is 7.98. The van der Waals surface area contributed by atoms with Crippen molar-refractivity contribution in [2.24, 2.45) is 11.8 Å². The topological polar surface area (TPSA) is 86.1 Å². The first-order chi connectivity index (χ1) is 13.3. The van der Waals surface area contributed by atoms with Crippen LogP contribution in [-0.4, -0.2) is 49.8 Å². The molecule has 28 heavy (non-hydrogen) atoms. The van der Waals surface area contributed by atoms with Gasteiger partial charge in [0.05, 0.1) is 29.5 Å². The SMILES string of the molecule is CCC[n+]1cn2cc(C3=C(C(=O)O)N4C(=O)[C@H]([C@@H](C)O)[C@H]4[C@H]3C)sc2c1SC. The molecule has 2 aliphatic heterocycles. The maximum Gasteiger partial charge on any atom is 0.352 e. The quantitative estimate of drug-likeness (QED) is 0.423. The van der Waals surface area contributed by atoms with E-state index in [9.17, 15) is 19.8 Å². The van der Waals surface area contributed by atoms with E-state index in [2.05, 4.69) is 11.5 Å². The molecule has 2 N–H and O–H groups in total. The molecule has 4 heterocycles. The Bertz CT molecular complexity index is 1010. The van der Waals surface area contributed by atoms with E-state index in [-0.39, 0.29) is 23.6 Å². The molecule has 0 aliphatic carbocycles. The van der Waals surface area contributed by atoms with E-state index >= 15 is 0 Å². The summed E-state index contributed by atoms with van der Waals surface area (Å²) in [6.07, 6.45) is 6.30. The van der Waals surface area contributed by atoms with Crippen LogP contribution in [0.15, 0.2) is 23.2 Å². The van der Waals surface area contributed by atoms with Gasteiger partial charge in [0.1, 0.15) is 11.9 Å². The zero-order valence-electron chi connectivity index (χ0n) is 16.2. The van der Waals surface area contributed by atoms with Crippen LogP contribution in [0.4, 0.5) is 0 Å². The van der Waals surface area contributed by atoms with Gasteiger partial charge >= 0.3 is 5.97 Å². The number of aromatic nitrogens is 2. The molecule has 0 saturated carbocycles. The van der Waals surface area contributed by atoms with E-state index in [0.29, 0.717) is 5.57 Å². The molecule has 2 aliphatic rings. The van der Waals surface area contributed by atoms with Crippen molar-refractivity contribution in [1.29, 1.82) is 0 Å².